The zero-order valence-electron chi connectivity index (χ0n) is 29.6. The predicted octanol–water partition coefficient (Wildman–Crippen LogP) is 5.34. The number of esters is 1. The van der Waals surface area contributed by atoms with Gasteiger partial charge in [-0.15, -0.1) is 27.8 Å². The molecule has 0 spiro atoms. The van der Waals surface area contributed by atoms with Crippen LogP contribution < -0.4 is 10.9 Å². The number of aromatic nitrogens is 4. The highest BCUT2D eigenvalue weighted by Gasteiger charge is 2.45. The zero-order chi connectivity index (χ0) is 36.2. The normalized spacial score (nSPS) is 16.6. The first-order chi connectivity index (χ1) is 25.2. The minimum absolute atomic E-state index is 0. The maximum absolute atomic E-state index is 13.4. The third-order valence-electron chi connectivity index (χ3n) is 9.98. The van der Waals surface area contributed by atoms with Crippen molar-refractivity contribution in [2.75, 3.05) is 20.1 Å². The first-order valence-electron chi connectivity index (χ1n) is 17.5. The smallest absolute Gasteiger partial charge is 0.349 e. The van der Waals surface area contributed by atoms with Crippen LogP contribution >= 0.6 is 22.7 Å². The second kappa shape index (κ2) is 17.7. The Morgan fingerprint density at radius 3 is 2.46 bits per heavy atom. The molecule has 16 heteroatoms. The summed E-state index contributed by atoms with van der Waals surface area (Å²) in [5.74, 6) is -0.642. The van der Waals surface area contributed by atoms with Crippen LogP contribution in [0.3, 0.4) is 0 Å². The van der Waals surface area contributed by atoms with E-state index >= 15 is 0 Å². The lowest BCUT2D eigenvalue weighted by molar-refractivity contribution is -0.169. The third-order valence-corrected chi connectivity index (χ3v) is 11.9. The van der Waals surface area contributed by atoms with Gasteiger partial charge in [-0.1, -0.05) is 29.5 Å². The van der Waals surface area contributed by atoms with E-state index in [2.05, 4.69) is 32.6 Å². The van der Waals surface area contributed by atoms with Crippen LogP contribution in [0.2, 0.25) is 0 Å². The van der Waals surface area contributed by atoms with Gasteiger partial charge in [0.25, 0.3) is 0 Å². The maximum Gasteiger partial charge on any atom is 0.349 e. The number of ether oxygens (including phenoxy) is 1. The van der Waals surface area contributed by atoms with E-state index in [1.807, 2.05) is 45.8 Å². The van der Waals surface area contributed by atoms with E-state index in [0.29, 0.717) is 38.8 Å². The molecule has 4 heterocycles. The largest absolute Gasteiger partial charge is 0.506 e. The van der Waals surface area contributed by atoms with Gasteiger partial charge < -0.3 is 35.3 Å². The summed E-state index contributed by atoms with van der Waals surface area (Å²) in [6.45, 7) is 2.42. The van der Waals surface area contributed by atoms with Crippen molar-refractivity contribution >= 4 is 50.6 Å². The molecule has 0 radical (unpaired) electrons. The quantitative estimate of drug-likeness (QED) is 0.0911. The van der Waals surface area contributed by atoms with Gasteiger partial charge in [-0.3, -0.25) is 14.2 Å². The molecule has 1 atom stereocenters. The molecule has 0 saturated heterocycles. The van der Waals surface area contributed by atoms with Crippen molar-refractivity contribution < 1.29 is 34.3 Å². The molecule has 5 N–H and O–H groups in total. The molecule has 2 aromatic carbocycles. The van der Waals surface area contributed by atoms with Gasteiger partial charge in [0.1, 0.15) is 17.4 Å². The first-order valence-corrected chi connectivity index (χ1v) is 19.2. The van der Waals surface area contributed by atoms with Crippen molar-refractivity contribution in [2.24, 2.45) is 0 Å². The fourth-order valence-corrected chi connectivity index (χ4v) is 8.80. The number of pyridine rings is 1. The minimum Gasteiger partial charge on any atom is -0.506 e. The second-order valence-electron chi connectivity index (χ2n) is 13.4. The molecule has 1 aliphatic rings. The Bertz CT molecular complexity index is 2150. The Balaban J connectivity index is 0.00000280. The summed E-state index contributed by atoms with van der Waals surface area (Å²) in [4.78, 5) is 31.2. The summed E-state index contributed by atoms with van der Waals surface area (Å²) in [5, 5.41) is 49.0. The molecule has 0 amide bonds. The number of aliphatic hydroxyl groups excluding tert-OH is 1. The number of nitrogens with zero attached hydrogens (tertiary/aromatic N) is 4. The number of phenolic OH excluding ortho intramolecular Hbond substituents is 1. The number of nitrogens with one attached hydrogen (secondary N) is 2. The van der Waals surface area contributed by atoms with Gasteiger partial charge in [-0.2, -0.15) is 0 Å². The SMILES string of the molecule is CN(CCCn1nnc2cc(CNC[C@H](O)c3ccc(O)c4[nH]c(=O)ccc34)ccc21)C1CCC(OC(=O)C(O)(c2cccs2)c2cccs2)CC1.F.F. The number of thiophene rings is 2. The van der Waals surface area contributed by atoms with Crippen LogP contribution in [0.5, 0.6) is 5.75 Å². The van der Waals surface area contributed by atoms with Crippen LogP contribution in [0.1, 0.15) is 59.1 Å². The molecule has 0 bridgehead atoms. The Morgan fingerprint density at radius 1 is 1.06 bits per heavy atom. The highest BCUT2D eigenvalue weighted by atomic mass is 32.1. The van der Waals surface area contributed by atoms with Crippen molar-refractivity contribution in [1.82, 2.24) is 30.2 Å². The van der Waals surface area contributed by atoms with Gasteiger partial charge >= 0.3 is 5.97 Å². The molecular weight excluding hydrogens is 739 g/mol. The average molecular weight is 783 g/mol. The number of H-pyrrole nitrogens is 1. The van der Waals surface area contributed by atoms with Crippen molar-refractivity contribution in [1.29, 1.82) is 0 Å². The van der Waals surface area contributed by atoms with E-state index in [1.54, 1.807) is 24.3 Å². The van der Waals surface area contributed by atoms with Gasteiger partial charge in [-0.05, 0) is 104 Å². The second-order valence-corrected chi connectivity index (χ2v) is 15.3. The molecule has 1 aliphatic carbocycles. The van der Waals surface area contributed by atoms with Gasteiger partial charge in [0.05, 0.1) is 26.9 Å². The molecule has 54 heavy (non-hydrogen) atoms. The van der Waals surface area contributed by atoms with Gasteiger partial charge in [-0.25, -0.2) is 9.48 Å². The topological polar surface area (TPSA) is 166 Å². The van der Waals surface area contributed by atoms with E-state index < -0.39 is 17.7 Å². The summed E-state index contributed by atoms with van der Waals surface area (Å²) in [5.41, 5.74) is 1.60. The summed E-state index contributed by atoms with van der Waals surface area (Å²) in [7, 11) is 2.14. The van der Waals surface area contributed by atoms with E-state index in [-0.39, 0.29) is 33.4 Å². The fourth-order valence-electron chi connectivity index (χ4n) is 7.09. The molecular formula is C38H44F2N6O6S2. The van der Waals surface area contributed by atoms with E-state index in [4.69, 9.17) is 4.74 Å². The lowest BCUT2D eigenvalue weighted by Crippen LogP contribution is -2.42. The van der Waals surface area contributed by atoms with Crippen LogP contribution in [-0.4, -0.2) is 78.4 Å². The first kappa shape index (κ1) is 40.6. The number of aliphatic hydroxyl groups is 2. The van der Waals surface area contributed by atoms with Crippen LogP contribution in [0.4, 0.5) is 9.41 Å². The number of aromatic hydroxyl groups is 1. The zero-order valence-corrected chi connectivity index (χ0v) is 31.2. The average Bonchev–Trinajstić information content (AvgIpc) is 3.96. The Labute approximate surface area is 317 Å². The Morgan fingerprint density at radius 2 is 1.78 bits per heavy atom. The number of carbonyl (C=O) groups is 1. The lowest BCUT2D eigenvalue weighted by atomic mass is 9.91. The number of rotatable bonds is 14. The van der Waals surface area contributed by atoms with E-state index in [1.165, 1.54) is 34.8 Å². The van der Waals surface area contributed by atoms with Crippen LogP contribution in [0.15, 0.2) is 82.3 Å². The number of benzene rings is 2. The fraction of sp³-hybridized carbons (Fsp3) is 0.368. The Kier molecular flexibility index (Phi) is 13.3. The van der Waals surface area contributed by atoms with Gasteiger partial charge in [0.2, 0.25) is 11.2 Å². The number of aryl methyl sites for hydroxylation is 1. The standard InChI is InChI=1S/C38H42N6O6S2.2FH/c1-43(25-8-10-26(11-9-25)50-37(48)38(49,33-5-2-19-51-33)34-6-3-20-52-34)17-4-18-44-30-14-7-24(21-29(30)41-42-44)22-39-23-32(46)27-12-15-31(45)36-28(27)13-16-35(47)40-36;;/h2-3,5-7,12-16,19-21,25-26,32,39,45-46,49H,4,8-11,17-18,22-23H2,1H3,(H,40,47);2*1H/t25?,26?,32-;;/m0../s1. The number of aromatic amines is 1. The Hall–Kier alpha value is -4.58. The summed E-state index contributed by atoms with van der Waals surface area (Å²) in [6, 6.07) is 19.8. The van der Waals surface area contributed by atoms with Gasteiger partial charge in [0.15, 0.2) is 0 Å². The third kappa shape index (κ3) is 8.53. The summed E-state index contributed by atoms with van der Waals surface area (Å²) >= 11 is 2.70. The van der Waals surface area contributed by atoms with Crippen LogP contribution in [0, 0.1) is 0 Å². The maximum atomic E-state index is 13.4. The van der Waals surface area contributed by atoms with E-state index in [9.17, 15) is 24.9 Å². The molecule has 288 valence electrons. The number of fused-ring (bicyclic) bond motifs is 2. The summed E-state index contributed by atoms with van der Waals surface area (Å²) in [6.07, 6.45) is 3.18. The van der Waals surface area contributed by atoms with Crippen LogP contribution in [0.25, 0.3) is 21.9 Å². The molecule has 6 aromatic rings. The van der Waals surface area contributed by atoms with Gasteiger partial charge in [0, 0.05) is 37.1 Å². The van der Waals surface area contributed by atoms with Crippen molar-refractivity contribution in [3.05, 3.63) is 109 Å². The van der Waals surface area contributed by atoms with Crippen molar-refractivity contribution in [3.8, 4) is 5.75 Å². The lowest BCUT2D eigenvalue weighted by Gasteiger charge is -2.35. The van der Waals surface area contributed by atoms with Crippen molar-refractivity contribution in [3.63, 3.8) is 0 Å². The molecule has 0 unspecified atom stereocenters. The van der Waals surface area contributed by atoms with E-state index in [0.717, 1.165) is 61.8 Å². The molecule has 7 rings (SSSR count). The summed E-state index contributed by atoms with van der Waals surface area (Å²) < 4.78 is 7.87. The number of phenols is 1. The monoisotopic (exact) mass is 782 g/mol. The van der Waals surface area contributed by atoms with Crippen LogP contribution in [-0.2, 0) is 28.2 Å². The molecule has 1 fully saturated rings. The van der Waals surface area contributed by atoms with Crippen molar-refractivity contribution in [2.45, 2.75) is 69.0 Å². The number of halogens is 2. The molecule has 12 nitrogen and oxygen atoms in total. The molecule has 4 aromatic heterocycles. The highest BCUT2D eigenvalue weighted by Crippen LogP contribution is 2.38. The highest BCUT2D eigenvalue weighted by molar-refractivity contribution is 7.12. The number of hydrogen-bond acceptors (Lipinski definition) is 12. The molecule has 0 aliphatic heterocycles. The predicted molar refractivity (Wildman–Crippen MR) is 206 cm³/mol. The number of hydrogen-bond donors (Lipinski definition) is 5. The number of carbonyl (C=O) groups excluding carboxylic acids is 1. The minimum atomic E-state index is -1.78. The molecule has 1 saturated carbocycles.